The van der Waals surface area contributed by atoms with E-state index in [9.17, 15) is 4.79 Å². The van der Waals surface area contributed by atoms with Crippen molar-refractivity contribution < 1.29 is 9.69 Å². The Labute approximate surface area is 138 Å². The van der Waals surface area contributed by atoms with Crippen molar-refractivity contribution >= 4 is 17.5 Å². The van der Waals surface area contributed by atoms with E-state index in [0.717, 1.165) is 38.1 Å². The monoisotopic (exact) mass is 321 g/mol. The molecular formula is C18H26ClN2O+. The van der Waals surface area contributed by atoms with Crippen molar-refractivity contribution in [1.29, 1.82) is 0 Å². The zero-order valence-corrected chi connectivity index (χ0v) is 14.1. The molecule has 0 unspecified atom stereocenters. The van der Waals surface area contributed by atoms with Gasteiger partial charge in [-0.2, -0.15) is 0 Å². The van der Waals surface area contributed by atoms with Gasteiger partial charge in [-0.05, 0) is 37.5 Å². The summed E-state index contributed by atoms with van der Waals surface area (Å²) in [6, 6.07) is 8.09. The fraction of sp³-hybridized carbons (Fsp3) is 0.611. The molecule has 4 heteroatoms. The molecular weight excluding hydrogens is 296 g/mol. The van der Waals surface area contributed by atoms with Gasteiger partial charge in [-0.1, -0.05) is 31.0 Å². The minimum atomic E-state index is 0.123. The maximum atomic E-state index is 12.6. The second-order valence-corrected chi connectivity index (χ2v) is 7.27. The number of halogens is 1. The molecule has 1 saturated carbocycles. The molecule has 1 aromatic carbocycles. The van der Waals surface area contributed by atoms with E-state index in [0.29, 0.717) is 10.6 Å². The van der Waals surface area contributed by atoms with Gasteiger partial charge in [0.1, 0.15) is 0 Å². The van der Waals surface area contributed by atoms with Crippen molar-refractivity contribution in [3.63, 3.8) is 0 Å². The number of carbonyl (C=O) groups is 1. The Morgan fingerprint density at radius 1 is 1.23 bits per heavy atom. The van der Waals surface area contributed by atoms with Gasteiger partial charge in [0, 0.05) is 16.5 Å². The first-order chi connectivity index (χ1) is 10.6. The van der Waals surface area contributed by atoms with E-state index in [1.54, 1.807) is 11.0 Å². The summed E-state index contributed by atoms with van der Waals surface area (Å²) in [5.41, 5.74) is 0.710. The molecule has 1 aliphatic carbocycles. The maximum Gasteiger partial charge on any atom is 0.254 e. The lowest BCUT2D eigenvalue weighted by atomic mass is 9.84. The van der Waals surface area contributed by atoms with Crippen LogP contribution in [-0.4, -0.2) is 43.0 Å². The number of hydrogen-bond donors (Lipinski definition) is 1. The molecule has 0 aromatic heterocycles. The average Bonchev–Trinajstić information content (AvgIpc) is 2.55. The zero-order chi connectivity index (χ0) is 15.5. The number of hydrogen-bond acceptors (Lipinski definition) is 1. The Morgan fingerprint density at radius 2 is 1.95 bits per heavy atom. The molecule has 3 nitrogen and oxygen atoms in total. The van der Waals surface area contributed by atoms with Crippen LogP contribution in [-0.2, 0) is 0 Å². The molecule has 1 saturated heterocycles. The predicted octanol–water partition coefficient (Wildman–Crippen LogP) is 2.26. The van der Waals surface area contributed by atoms with Crippen molar-refractivity contribution in [2.45, 2.75) is 38.6 Å². The number of rotatable bonds is 2. The Kier molecular flexibility index (Phi) is 5.04. The molecule has 1 aliphatic heterocycles. The highest BCUT2D eigenvalue weighted by Crippen LogP contribution is 2.22. The Morgan fingerprint density at radius 3 is 2.64 bits per heavy atom. The largest absolute Gasteiger partial charge is 0.329 e. The van der Waals surface area contributed by atoms with Crippen LogP contribution in [0.3, 0.4) is 0 Å². The van der Waals surface area contributed by atoms with Gasteiger partial charge in [0.2, 0.25) is 0 Å². The summed E-state index contributed by atoms with van der Waals surface area (Å²) >= 11 is 5.99. The summed E-state index contributed by atoms with van der Waals surface area (Å²) in [5.74, 6) is 0.956. The summed E-state index contributed by atoms with van der Waals surface area (Å²) in [7, 11) is 0. The van der Waals surface area contributed by atoms with Crippen molar-refractivity contribution in [2.24, 2.45) is 5.92 Å². The molecule has 1 aromatic rings. The fourth-order valence-corrected chi connectivity index (χ4v) is 4.28. The first-order valence-electron chi connectivity index (χ1n) is 8.54. The third-order valence-electron chi connectivity index (χ3n) is 5.40. The van der Waals surface area contributed by atoms with E-state index in [4.69, 9.17) is 11.6 Å². The van der Waals surface area contributed by atoms with Gasteiger partial charge in [-0.15, -0.1) is 0 Å². The first-order valence-corrected chi connectivity index (χ1v) is 8.92. The van der Waals surface area contributed by atoms with Gasteiger partial charge < -0.3 is 9.80 Å². The lowest BCUT2D eigenvalue weighted by Gasteiger charge is -2.40. The summed E-state index contributed by atoms with van der Waals surface area (Å²) < 4.78 is 0. The lowest BCUT2D eigenvalue weighted by molar-refractivity contribution is -0.934. The molecule has 2 aliphatic rings. The number of quaternary nitrogens is 1. The van der Waals surface area contributed by atoms with E-state index in [-0.39, 0.29) is 5.91 Å². The topological polar surface area (TPSA) is 24.8 Å². The third-order valence-corrected chi connectivity index (χ3v) is 5.64. The smallest absolute Gasteiger partial charge is 0.254 e. The first kappa shape index (κ1) is 15.8. The molecule has 1 heterocycles. The molecule has 0 bridgehead atoms. The normalized spacial score (nSPS) is 26.9. The van der Waals surface area contributed by atoms with Crippen LogP contribution in [0.2, 0.25) is 5.02 Å². The van der Waals surface area contributed by atoms with E-state index in [1.807, 2.05) is 23.1 Å². The molecule has 2 fully saturated rings. The standard InChI is InChI=1S/C18H25ClN2O/c1-14-5-2-3-8-17(14)20-9-11-21(12-10-20)18(22)15-6-4-7-16(19)13-15/h4,6-7,13-14,17H,2-3,5,8-12H2,1H3/p+1/t14-,17+/m0/s1. The van der Waals surface area contributed by atoms with Gasteiger partial charge in [0.15, 0.2) is 0 Å². The van der Waals surface area contributed by atoms with Gasteiger partial charge in [-0.25, -0.2) is 0 Å². The second-order valence-electron chi connectivity index (χ2n) is 6.83. The van der Waals surface area contributed by atoms with Crippen molar-refractivity contribution in [1.82, 2.24) is 4.90 Å². The highest BCUT2D eigenvalue weighted by Gasteiger charge is 2.34. The van der Waals surface area contributed by atoms with Crippen molar-refractivity contribution in [2.75, 3.05) is 26.2 Å². The van der Waals surface area contributed by atoms with Crippen LogP contribution >= 0.6 is 11.6 Å². The van der Waals surface area contributed by atoms with Crippen LogP contribution in [0.1, 0.15) is 43.0 Å². The number of piperazine rings is 1. The SMILES string of the molecule is C[C@H]1CCCC[C@H]1[NH+]1CCN(C(=O)c2cccc(Cl)c2)CC1. The van der Waals surface area contributed by atoms with E-state index in [1.165, 1.54) is 25.7 Å². The fourth-order valence-electron chi connectivity index (χ4n) is 4.09. The molecule has 120 valence electrons. The highest BCUT2D eigenvalue weighted by atomic mass is 35.5. The van der Waals surface area contributed by atoms with Gasteiger partial charge in [0.25, 0.3) is 5.91 Å². The number of carbonyl (C=O) groups excluding carboxylic acids is 1. The number of benzene rings is 1. The van der Waals surface area contributed by atoms with Crippen LogP contribution in [0.4, 0.5) is 0 Å². The van der Waals surface area contributed by atoms with Gasteiger partial charge >= 0.3 is 0 Å². The van der Waals surface area contributed by atoms with Crippen LogP contribution in [0, 0.1) is 5.92 Å². The van der Waals surface area contributed by atoms with Crippen LogP contribution < -0.4 is 4.90 Å². The quantitative estimate of drug-likeness (QED) is 0.888. The summed E-state index contributed by atoms with van der Waals surface area (Å²) in [6.45, 7) is 6.30. The number of amides is 1. The molecule has 0 spiro atoms. The third kappa shape index (κ3) is 3.47. The minimum absolute atomic E-state index is 0.123. The maximum absolute atomic E-state index is 12.6. The Bertz CT molecular complexity index is 526. The number of nitrogens with zero attached hydrogens (tertiary/aromatic N) is 1. The minimum Gasteiger partial charge on any atom is -0.329 e. The molecule has 2 atom stereocenters. The lowest BCUT2D eigenvalue weighted by Crippen LogP contribution is -3.19. The van der Waals surface area contributed by atoms with E-state index < -0.39 is 0 Å². The summed E-state index contributed by atoms with van der Waals surface area (Å²) in [6.07, 6.45) is 5.51. The molecule has 1 N–H and O–H groups in total. The van der Waals surface area contributed by atoms with E-state index >= 15 is 0 Å². The molecule has 1 amide bonds. The zero-order valence-electron chi connectivity index (χ0n) is 13.4. The highest BCUT2D eigenvalue weighted by molar-refractivity contribution is 6.30. The van der Waals surface area contributed by atoms with Crippen LogP contribution in [0.25, 0.3) is 0 Å². The number of nitrogens with one attached hydrogen (secondary N) is 1. The van der Waals surface area contributed by atoms with E-state index in [2.05, 4.69) is 6.92 Å². The Balaban J connectivity index is 1.58. The van der Waals surface area contributed by atoms with Crippen LogP contribution in [0.5, 0.6) is 0 Å². The predicted molar refractivity (Wildman–Crippen MR) is 89.5 cm³/mol. The average molecular weight is 322 g/mol. The van der Waals surface area contributed by atoms with Crippen LogP contribution in [0.15, 0.2) is 24.3 Å². The summed E-state index contributed by atoms with van der Waals surface area (Å²) in [5, 5.41) is 0.631. The molecule has 0 radical (unpaired) electrons. The molecule has 3 rings (SSSR count). The molecule has 22 heavy (non-hydrogen) atoms. The Hall–Kier alpha value is -1.06. The second kappa shape index (κ2) is 7.01. The van der Waals surface area contributed by atoms with Gasteiger partial charge in [0.05, 0.1) is 32.2 Å². The van der Waals surface area contributed by atoms with Crippen molar-refractivity contribution in [3.8, 4) is 0 Å². The van der Waals surface area contributed by atoms with Crippen molar-refractivity contribution in [3.05, 3.63) is 34.9 Å². The summed E-state index contributed by atoms with van der Waals surface area (Å²) in [4.78, 5) is 16.3. The van der Waals surface area contributed by atoms with Gasteiger partial charge in [-0.3, -0.25) is 4.79 Å².